The number of carbonyl (C=O) groups is 1. The van der Waals surface area contributed by atoms with Crippen LogP contribution in [0.15, 0.2) is 23.1 Å². The summed E-state index contributed by atoms with van der Waals surface area (Å²) in [5.41, 5.74) is 6.09. The first-order valence-corrected chi connectivity index (χ1v) is 6.33. The van der Waals surface area contributed by atoms with Crippen molar-refractivity contribution in [2.24, 2.45) is 11.7 Å². The number of likely N-dealkylation sites (tertiary alicyclic amines) is 1. The highest BCUT2D eigenvalue weighted by atomic mass is 16.2. The van der Waals surface area contributed by atoms with E-state index in [4.69, 9.17) is 5.73 Å². The van der Waals surface area contributed by atoms with Crippen molar-refractivity contribution < 1.29 is 4.79 Å². The Hall–Kier alpha value is -1.62. The molecule has 0 spiro atoms. The van der Waals surface area contributed by atoms with Gasteiger partial charge in [0.05, 0.1) is 5.56 Å². The molecule has 0 aromatic carbocycles. The van der Waals surface area contributed by atoms with Gasteiger partial charge in [0.25, 0.3) is 5.91 Å². The van der Waals surface area contributed by atoms with E-state index < -0.39 is 0 Å². The number of nitrogens with zero attached hydrogens (tertiary/aromatic N) is 1. The van der Waals surface area contributed by atoms with E-state index in [1.165, 1.54) is 12.3 Å². The lowest BCUT2D eigenvalue weighted by Crippen LogP contribution is -2.51. The van der Waals surface area contributed by atoms with Gasteiger partial charge in [-0.1, -0.05) is 6.92 Å². The van der Waals surface area contributed by atoms with Gasteiger partial charge in [-0.15, -0.1) is 0 Å². The van der Waals surface area contributed by atoms with E-state index in [2.05, 4.69) is 11.9 Å². The summed E-state index contributed by atoms with van der Waals surface area (Å²) < 4.78 is 0. The molecule has 2 rings (SSSR count). The Morgan fingerprint density at radius 2 is 2.33 bits per heavy atom. The van der Waals surface area contributed by atoms with Gasteiger partial charge >= 0.3 is 0 Å². The predicted molar refractivity (Wildman–Crippen MR) is 69.3 cm³/mol. The van der Waals surface area contributed by atoms with Crippen LogP contribution in [0.4, 0.5) is 0 Å². The number of H-pyrrole nitrogens is 1. The SMILES string of the molecule is CC1CCCN(C(=O)c2ccc(=O)[nH]c2)C1CN. The number of aromatic amines is 1. The summed E-state index contributed by atoms with van der Waals surface area (Å²) in [6, 6.07) is 3.03. The molecule has 0 aliphatic carbocycles. The second-order valence-electron chi connectivity index (χ2n) is 4.86. The molecule has 1 saturated heterocycles. The third kappa shape index (κ3) is 2.46. The first-order chi connectivity index (χ1) is 8.63. The van der Waals surface area contributed by atoms with Gasteiger partial charge in [0, 0.05) is 31.4 Å². The van der Waals surface area contributed by atoms with Crippen molar-refractivity contribution in [1.29, 1.82) is 0 Å². The largest absolute Gasteiger partial charge is 0.334 e. The van der Waals surface area contributed by atoms with Crippen molar-refractivity contribution in [1.82, 2.24) is 9.88 Å². The number of carbonyl (C=O) groups excluding carboxylic acids is 1. The van der Waals surface area contributed by atoms with E-state index in [-0.39, 0.29) is 17.5 Å². The molecule has 2 atom stereocenters. The average Bonchev–Trinajstić information content (AvgIpc) is 2.38. The van der Waals surface area contributed by atoms with Crippen molar-refractivity contribution in [2.45, 2.75) is 25.8 Å². The summed E-state index contributed by atoms with van der Waals surface area (Å²) in [5, 5.41) is 0. The lowest BCUT2D eigenvalue weighted by Gasteiger charge is -2.39. The Morgan fingerprint density at radius 1 is 1.56 bits per heavy atom. The summed E-state index contributed by atoms with van der Waals surface area (Å²) in [5.74, 6) is 0.378. The lowest BCUT2D eigenvalue weighted by atomic mass is 9.90. The lowest BCUT2D eigenvalue weighted by molar-refractivity contribution is 0.0532. The van der Waals surface area contributed by atoms with Crippen LogP contribution >= 0.6 is 0 Å². The van der Waals surface area contributed by atoms with E-state index in [1.54, 1.807) is 6.07 Å². The number of hydrogen-bond acceptors (Lipinski definition) is 3. The highest BCUT2D eigenvalue weighted by molar-refractivity contribution is 5.94. The Labute approximate surface area is 106 Å². The summed E-state index contributed by atoms with van der Waals surface area (Å²) in [7, 11) is 0. The van der Waals surface area contributed by atoms with E-state index in [9.17, 15) is 9.59 Å². The van der Waals surface area contributed by atoms with E-state index in [0.29, 0.717) is 18.0 Å². The van der Waals surface area contributed by atoms with Crippen LogP contribution in [-0.2, 0) is 0 Å². The maximum absolute atomic E-state index is 12.4. The molecule has 2 unspecified atom stereocenters. The molecule has 0 saturated carbocycles. The first-order valence-electron chi connectivity index (χ1n) is 6.33. The van der Waals surface area contributed by atoms with Crippen LogP contribution in [0, 0.1) is 5.92 Å². The fourth-order valence-corrected chi connectivity index (χ4v) is 2.57. The second kappa shape index (κ2) is 5.35. The minimum absolute atomic E-state index is 0.0479. The van der Waals surface area contributed by atoms with E-state index >= 15 is 0 Å². The highest BCUT2D eigenvalue weighted by Gasteiger charge is 2.31. The number of piperidine rings is 1. The molecule has 5 nitrogen and oxygen atoms in total. The zero-order chi connectivity index (χ0) is 13.1. The molecule has 5 heteroatoms. The topological polar surface area (TPSA) is 79.2 Å². The van der Waals surface area contributed by atoms with Crippen molar-refractivity contribution in [3.63, 3.8) is 0 Å². The zero-order valence-electron chi connectivity index (χ0n) is 10.6. The van der Waals surface area contributed by atoms with Crippen LogP contribution in [0.3, 0.4) is 0 Å². The number of amides is 1. The van der Waals surface area contributed by atoms with Gasteiger partial charge in [-0.3, -0.25) is 9.59 Å². The number of rotatable bonds is 2. The average molecular weight is 249 g/mol. The second-order valence-corrected chi connectivity index (χ2v) is 4.86. The van der Waals surface area contributed by atoms with Crippen LogP contribution in [0.2, 0.25) is 0 Å². The van der Waals surface area contributed by atoms with Gasteiger partial charge in [0.2, 0.25) is 5.56 Å². The molecule has 1 fully saturated rings. The fourth-order valence-electron chi connectivity index (χ4n) is 2.57. The Kier molecular flexibility index (Phi) is 3.81. The monoisotopic (exact) mass is 249 g/mol. The minimum Gasteiger partial charge on any atom is -0.334 e. The number of aromatic nitrogens is 1. The summed E-state index contributed by atoms with van der Waals surface area (Å²) in [6.45, 7) is 3.35. The molecule has 98 valence electrons. The molecule has 0 radical (unpaired) electrons. The molecule has 1 aliphatic heterocycles. The third-order valence-corrected chi connectivity index (χ3v) is 3.65. The van der Waals surface area contributed by atoms with Crippen molar-refractivity contribution in [3.05, 3.63) is 34.2 Å². The molecule has 2 heterocycles. The smallest absolute Gasteiger partial charge is 0.255 e. The van der Waals surface area contributed by atoms with Crippen LogP contribution in [0.1, 0.15) is 30.1 Å². The zero-order valence-corrected chi connectivity index (χ0v) is 10.6. The minimum atomic E-state index is -0.200. The molecule has 3 N–H and O–H groups in total. The quantitative estimate of drug-likeness (QED) is 0.804. The molecule has 1 aliphatic rings. The Morgan fingerprint density at radius 3 is 2.94 bits per heavy atom. The van der Waals surface area contributed by atoms with Gasteiger partial charge in [-0.25, -0.2) is 0 Å². The normalized spacial score (nSPS) is 24.0. The molecule has 1 aromatic rings. The van der Waals surface area contributed by atoms with E-state index in [1.807, 2.05) is 4.90 Å². The maximum Gasteiger partial charge on any atom is 0.255 e. The highest BCUT2D eigenvalue weighted by Crippen LogP contribution is 2.23. The maximum atomic E-state index is 12.4. The van der Waals surface area contributed by atoms with Gasteiger partial charge in [0.1, 0.15) is 0 Å². The standard InChI is InChI=1S/C13H19N3O2/c1-9-3-2-6-16(11(9)7-14)13(18)10-4-5-12(17)15-8-10/h4-5,8-9,11H,2-3,6-7,14H2,1H3,(H,15,17). The van der Waals surface area contributed by atoms with Gasteiger partial charge in [-0.2, -0.15) is 0 Å². The van der Waals surface area contributed by atoms with Crippen LogP contribution < -0.4 is 11.3 Å². The predicted octanol–water partition coefficient (Wildman–Crippen LogP) is 0.574. The van der Waals surface area contributed by atoms with Gasteiger partial charge in [0.15, 0.2) is 0 Å². The van der Waals surface area contributed by atoms with E-state index in [0.717, 1.165) is 19.4 Å². The molecule has 0 bridgehead atoms. The number of nitrogens with two attached hydrogens (primary N) is 1. The third-order valence-electron chi connectivity index (χ3n) is 3.65. The number of hydrogen-bond donors (Lipinski definition) is 2. The summed E-state index contributed by atoms with van der Waals surface area (Å²) in [6.07, 6.45) is 3.58. The van der Waals surface area contributed by atoms with Gasteiger partial charge in [-0.05, 0) is 24.8 Å². The summed E-state index contributed by atoms with van der Waals surface area (Å²) in [4.78, 5) is 27.7. The first kappa shape index (κ1) is 12.8. The van der Waals surface area contributed by atoms with Crippen molar-refractivity contribution >= 4 is 5.91 Å². The number of nitrogens with one attached hydrogen (secondary N) is 1. The molecule has 1 aromatic heterocycles. The van der Waals surface area contributed by atoms with Crippen molar-refractivity contribution in [2.75, 3.05) is 13.1 Å². The molecule has 18 heavy (non-hydrogen) atoms. The van der Waals surface area contributed by atoms with Crippen LogP contribution in [-0.4, -0.2) is 34.9 Å². The fraction of sp³-hybridized carbons (Fsp3) is 0.538. The van der Waals surface area contributed by atoms with Gasteiger partial charge < -0.3 is 15.6 Å². The molecular weight excluding hydrogens is 230 g/mol. The molecular formula is C13H19N3O2. The number of pyridine rings is 1. The Bertz CT molecular complexity index is 463. The molecule has 1 amide bonds. The van der Waals surface area contributed by atoms with Crippen LogP contribution in [0.25, 0.3) is 0 Å². The van der Waals surface area contributed by atoms with Crippen LogP contribution in [0.5, 0.6) is 0 Å². The summed E-state index contributed by atoms with van der Waals surface area (Å²) >= 11 is 0. The van der Waals surface area contributed by atoms with Crippen molar-refractivity contribution in [3.8, 4) is 0 Å². The Balaban J connectivity index is 2.21.